The van der Waals surface area contributed by atoms with Gasteiger partial charge >= 0.3 is 12.2 Å². The van der Waals surface area contributed by atoms with Crippen molar-refractivity contribution in [2.45, 2.75) is 95.5 Å². The number of hydrogen-bond acceptors (Lipinski definition) is 8. The van der Waals surface area contributed by atoms with Crippen molar-refractivity contribution in [2.24, 2.45) is 11.8 Å². The number of piperidine rings is 1. The van der Waals surface area contributed by atoms with Gasteiger partial charge in [-0.3, -0.25) is 9.69 Å². The first-order chi connectivity index (χ1) is 28.5. The molecule has 0 radical (unpaired) electrons. The second kappa shape index (κ2) is 15.8. The van der Waals surface area contributed by atoms with Gasteiger partial charge in [0.05, 0.1) is 43.0 Å². The van der Waals surface area contributed by atoms with E-state index in [1.165, 1.54) is 7.11 Å². The summed E-state index contributed by atoms with van der Waals surface area (Å²) in [4.78, 5) is 59.9. The number of nitrogens with one attached hydrogen (secondary N) is 3. The van der Waals surface area contributed by atoms with Crippen molar-refractivity contribution in [3.63, 3.8) is 0 Å². The molecule has 9 rings (SSSR count). The number of carbonyl (C=O) groups excluding carboxylic acids is 3. The lowest BCUT2D eigenvalue weighted by Crippen LogP contribution is -2.53. The topological polar surface area (TPSA) is 155 Å². The SMILES string of the molecule is COC(=O)N[C@H](C(=O)N1CCC[C@H]1c1ncc(-c2ccc3cc(-c4ccc(-c5cnc([C@@H]6[C@H]7CC[C@H](C7)N6C(=O)OC(C)(C)C)[nH]5)cc4)ccc3c2)[nH]1)C1CCOCC1. The zero-order valence-corrected chi connectivity index (χ0v) is 34.2. The number of hydrogen-bond donors (Lipinski definition) is 3. The van der Waals surface area contributed by atoms with Crippen molar-refractivity contribution in [1.82, 2.24) is 35.1 Å². The van der Waals surface area contributed by atoms with Gasteiger partial charge in [-0.05, 0) is 117 Å². The molecule has 0 unspecified atom stereocenters. The van der Waals surface area contributed by atoms with E-state index in [0.29, 0.717) is 38.5 Å². The fourth-order valence-electron chi connectivity index (χ4n) is 9.75. The Balaban J connectivity index is 0.881. The molecule has 3 saturated heterocycles. The molecular weight excluding hydrogens is 747 g/mol. The van der Waals surface area contributed by atoms with E-state index in [0.717, 1.165) is 88.2 Å². The second-order valence-electron chi connectivity index (χ2n) is 17.5. The van der Waals surface area contributed by atoms with Gasteiger partial charge in [-0.25, -0.2) is 19.6 Å². The van der Waals surface area contributed by atoms with E-state index in [1.807, 2.05) is 43.0 Å². The number of aromatic nitrogens is 4. The van der Waals surface area contributed by atoms with Crippen molar-refractivity contribution in [3.05, 3.63) is 84.7 Å². The highest BCUT2D eigenvalue weighted by molar-refractivity contribution is 5.91. The van der Waals surface area contributed by atoms with Gasteiger partial charge in [0.15, 0.2) is 0 Å². The van der Waals surface area contributed by atoms with Gasteiger partial charge in [-0.2, -0.15) is 0 Å². The van der Waals surface area contributed by atoms with E-state index in [2.05, 4.69) is 75.9 Å². The quantitative estimate of drug-likeness (QED) is 0.141. The summed E-state index contributed by atoms with van der Waals surface area (Å²) in [7, 11) is 1.32. The molecule has 3 amide bonds. The van der Waals surface area contributed by atoms with E-state index >= 15 is 0 Å². The maximum absolute atomic E-state index is 14.0. The second-order valence-corrected chi connectivity index (χ2v) is 17.5. The molecule has 2 aromatic heterocycles. The van der Waals surface area contributed by atoms with Crippen LogP contribution in [0.3, 0.4) is 0 Å². The first-order valence-corrected chi connectivity index (χ1v) is 21.0. The van der Waals surface area contributed by atoms with Gasteiger partial charge < -0.3 is 34.4 Å². The maximum Gasteiger partial charge on any atom is 0.411 e. The Bertz CT molecular complexity index is 2340. The highest BCUT2D eigenvalue weighted by Gasteiger charge is 2.51. The summed E-state index contributed by atoms with van der Waals surface area (Å²) in [6, 6.07) is 20.6. The van der Waals surface area contributed by atoms with Crippen LogP contribution in [0.25, 0.3) is 44.4 Å². The van der Waals surface area contributed by atoms with E-state index in [-0.39, 0.29) is 36.0 Å². The highest BCUT2D eigenvalue weighted by Crippen LogP contribution is 2.50. The van der Waals surface area contributed by atoms with E-state index < -0.39 is 17.7 Å². The standard InChI is InChI=1S/C46H53N7O6/c1-46(2,3)59-45(56)53-35-16-15-34(24-35)40(53)42-48-25-36(50-42)28-9-7-27(8-10-28)30-11-12-32-23-33(14-13-31(32)22-30)37-26-47-41(49-37)38-6-5-19-52(38)43(54)39(51-44(55)57-4)29-17-20-58-21-18-29/h7-14,22-23,25-26,29,34-35,38-40H,5-6,15-21,24H2,1-4H3,(H,47,49)(H,48,50)(H,51,55)/t34-,35+,38-,39-,40-/m0/s1. The smallest absolute Gasteiger partial charge is 0.411 e. The molecule has 4 aliphatic rings. The molecule has 3 aromatic carbocycles. The molecule has 13 heteroatoms. The lowest BCUT2D eigenvalue weighted by atomic mass is 9.90. The molecule has 1 saturated carbocycles. The zero-order chi connectivity index (χ0) is 40.8. The monoisotopic (exact) mass is 799 g/mol. The number of aromatic amines is 2. The molecule has 3 aliphatic heterocycles. The first kappa shape index (κ1) is 38.8. The Kier molecular flexibility index (Phi) is 10.4. The van der Waals surface area contributed by atoms with Gasteiger partial charge in [0.1, 0.15) is 23.3 Å². The van der Waals surface area contributed by atoms with Gasteiger partial charge in [-0.15, -0.1) is 0 Å². The van der Waals surface area contributed by atoms with E-state index in [1.54, 1.807) is 0 Å². The Hall–Kier alpha value is -5.69. The molecule has 2 bridgehead atoms. The molecular formula is C46H53N7O6. The molecule has 4 fully saturated rings. The average Bonchev–Trinajstić information content (AvgIpc) is 4.10. The van der Waals surface area contributed by atoms with Crippen LogP contribution < -0.4 is 5.32 Å². The Labute approximate surface area is 344 Å². The third kappa shape index (κ3) is 7.80. The first-order valence-electron chi connectivity index (χ1n) is 21.0. The molecule has 59 heavy (non-hydrogen) atoms. The zero-order valence-electron chi connectivity index (χ0n) is 34.2. The number of H-pyrrole nitrogens is 2. The summed E-state index contributed by atoms with van der Waals surface area (Å²) < 4.78 is 16.2. The molecule has 5 heterocycles. The van der Waals surface area contributed by atoms with Crippen LogP contribution in [0.1, 0.15) is 89.4 Å². The Morgan fingerprint density at radius 2 is 1.46 bits per heavy atom. The van der Waals surface area contributed by atoms with Crippen LogP contribution in [0.5, 0.6) is 0 Å². The summed E-state index contributed by atoms with van der Waals surface area (Å²) in [6.07, 6.45) is 9.00. The predicted octanol–water partition coefficient (Wildman–Crippen LogP) is 8.56. The summed E-state index contributed by atoms with van der Waals surface area (Å²) >= 11 is 0. The third-order valence-electron chi connectivity index (χ3n) is 12.7. The lowest BCUT2D eigenvalue weighted by molar-refractivity contribution is -0.136. The Morgan fingerprint density at radius 3 is 2.19 bits per heavy atom. The van der Waals surface area contributed by atoms with Crippen LogP contribution in [0, 0.1) is 11.8 Å². The number of imidazole rings is 2. The van der Waals surface area contributed by atoms with Gasteiger partial charge in [0.2, 0.25) is 5.91 Å². The van der Waals surface area contributed by atoms with Crippen molar-refractivity contribution in [3.8, 4) is 33.6 Å². The van der Waals surface area contributed by atoms with Crippen LogP contribution in [0.4, 0.5) is 9.59 Å². The Morgan fingerprint density at radius 1 is 0.814 bits per heavy atom. The van der Waals surface area contributed by atoms with E-state index in [9.17, 15) is 14.4 Å². The molecule has 3 N–H and O–H groups in total. The van der Waals surface area contributed by atoms with Gasteiger partial charge in [0.25, 0.3) is 0 Å². The highest BCUT2D eigenvalue weighted by atomic mass is 16.6. The predicted molar refractivity (Wildman–Crippen MR) is 223 cm³/mol. The maximum atomic E-state index is 14.0. The van der Waals surface area contributed by atoms with E-state index in [4.69, 9.17) is 24.2 Å². The lowest BCUT2D eigenvalue weighted by Gasteiger charge is -2.35. The number of benzene rings is 3. The summed E-state index contributed by atoms with van der Waals surface area (Å²) in [5.41, 5.74) is 5.53. The number of amides is 3. The fourth-order valence-corrected chi connectivity index (χ4v) is 9.75. The number of alkyl carbamates (subject to hydrolysis) is 1. The molecule has 0 spiro atoms. The summed E-state index contributed by atoms with van der Waals surface area (Å²) in [6.45, 7) is 7.46. The van der Waals surface area contributed by atoms with Crippen LogP contribution in [-0.4, -0.2) is 92.4 Å². The average molecular weight is 800 g/mol. The summed E-state index contributed by atoms with van der Waals surface area (Å²) in [5, 5.41) is 5.05. The van der Waals surface area contributed by atoms with Crippen LogP contribution >= 0.6 is 0 Å². The molecule has 5 aromatic rings. The van der Waals surface area contributed by atoms with Crippen molar-refractivity contribution >= 4 is 28.9 Å². The fraction of sp³-hybridized carbons (Fsp3) is 0.457. The minimum atomic E-state index is -0.675. The van der Waals surface area contributed by atoms with Crippen molar-refractivity contribution < 1.29 is 28.6 Å². The number of carbonyl (C=O) groups is 3. The van der Waals surface area contributed by atoms with Crippen molar-refractivity contribution in [2.75, 3.05) is 26.9 Å². The molecule has 5 atom stereocenters. The number of likely N-dealkylation sites (tertiary alicyclic amines) is 2. The number of fused-ring (bicyclic) bond motifs is 3. The van der Waals surface area contributed by atoms with Gasteiger partial charge in [-0.1, -0.05) is 48.5 Å². The van der Waals surface area contributed by atoms with Gasteiger partial charge in [0, 0.05) is 31.4 Å². The number of rotatable bonds is 8. The van der Waals surface area contributed by atoms with Crippen molar-refractivity contribution in [1.29, 1.82) is 0 Å². The molecule has 1 aliphatic carbocycles. The minimum absolute atomic E-state index is 0.0187. The number of ether oxygens (including phenoxy) is 3. The molecule has 308 valence electrons. The largest absolute Gasteiger partial charge is 0.453 e. The summed E-state index contributed by atoms with van der Waals surface area (Å²) in [5.74, 6) is 1.83. The van der Waals surface area contributed by atoms with Crippen LogP contribution in [0.15, 0.2) is 73.1 Å². The number of methoxy groups -OCH3 is 1. The number of nitrogens with zero attached hydrogens (tertiary/aromatic N) is 4. The van der Waals surface area contributed by atoms with Crippen LogP contribution in [-0.2, 0) is 19.0 Å². The molecule has 13 nitrogen and oxygen atoms in total. The third-order valence-corrected chi connectivity index (χ3v) is 12.7. The minimum Gasteiger partial charge on any atom is -0.453 e. The van der Waals surface area contributed by atoms with Crippen LogP contribution in [0.2, 0.25) is 0 Å². The normalized spacial score (nSPS) is 22.5.